The van der Waals surface area contributed by atoms with Crippen LogP contribution in [0, 0.1) is 11.3 Å². The van der Waals surface area contributed by atoms with Crippen molar-refractivity contribution in [2.45, 2.75) is 19.9 Å². The van der Waals surface area contributed by atoms with Gasteiger partial charge in [0.1, 0.15) is 0 Å². The Kier molecular flexibility index (Phi) is 5.68. The summed E-state index contributed by atoms with van der Waals surface area (Å²) in [6.45, 7) is 7.41. The van der Waals surface area contributed by atoms with Gasteiger partial charge in [0.15, 0.2) is 0 Å². The fourth-order valence-corrected chi connectivity index (χ4v) is 1.59. The van der Waals surface area contributed by atoms with E-state index in [0.717, 1.165) is 19.6 Å². The summed E-state index contributed by atoms with van der Waals surface area (Å²) in [5.41, 5.74) is 1.94. The number of benzene rings is 1. The van der Waals surface area contributed by atoms with Crippen molar-refractivity contribution in [2.75, 3.05) is 26.7 Å². The van der Waals surface area contributed by atoms with Crippen molar-refractivity contribution in [1.82, 2.24) is 10.2 Å². The molecule has 1 unspecified atom stereocenters. The monoisotopic (exact) mass is 231 g/mol. The normalized spacial score (nSPS) is 12.4. The first-order valence-corrected chi connectivity index (χ1v) is 6.09. The van der Waals surface area contributed by atoms with E-state index in [2.05, 4.69) is 37.2 Å². The molecule has 3 nitrogen and oxygen atoms in total. The summed E-state index contributed by atoms with van der Waals surface area (Å²) in [5, 5.41) is 12.2. The van der Waals surface area contributed by atoms with Gasteiger partial charge in [-0.2, -0.15) is 5.26 Å². The van der Waals surface area contributed by atoms with E-state index in [1.807, 2.05) is 24.3 Å². The fourth-order valence-electron chi connectivity index (χ4n) is 1.59. The van der Waals surface area contributed by atoms with Gasteiger partial charge in [0.2, 0.25) is 0 Å². The molecule has 0 aliphatic rings. The van der Waals surface area contributed by atoms with Crippen molar-refractivity contribution >= 4 is 0 Å². The molecule has 0 spiro atoms. The summed E-state index contributed by atoms with van der Waals surface area (Å²) >= 11 is 0. The lowest BCUT2D eigenvalue weighted by Gasteiger charge is -2.18. The molecule has 0 saturated carbocycles. The summed E-state index contributed by atoms with van der Waals surface area (Å²) in [7, 11) is 2.12. The molecule has 1 N–H and O–H groups in total. The van der Waals surface area contributed by atoms with Crippen LogP contribution in [0.4, 0.5) is 0 Å². The molecule has 92 valence electrons. The second-order valence-corrected chi connectivity index (χ2v) is 4.31. The first-order valence-electron chi connectivity index (χ1n) is 6.09. The maximum Gasteiger partial charge on any atom is 0.0991 e. The number of hydrogen-bond donors (Lipinski definition) is 1. The molecule has 0 aliphatic heterocycles. The number of nitriles is 1. The van der Waals surface area contributed by atoms with Crippen LogP contribution >= 0.6 is 0 Å². The Morgan fingerprint density at radius 2 is 2.00 bits per heavy atom. The Balaban J connectivity index is 2.41. The second kappa shape index (κ2) is 7.05. The predicted octanol–water partition coefficient (Wildman–Crippen LogP) is 2.16. The van der Waals surface area contributed by atoms with Crippen molar-refractivity contribution in [1.29, 1.82) is 5.26 Å². The lowest BCUT2D eigenvalue weighted by molar-refractivity contribution is 0.342. The average molecular weight is 231 g/mol. The Morgan fingerprint density at radius 3 is 2.53 bits per heavy atom. The minimum absolute atomic E-state index is 0.327. The Labute approximate surface area is 104 Å². The number of nitrogens with zero attached hydrogens (tertiary/aromatic N) is 2. The van der Waals surface area contributed by atoms with Gasteiger partial charge < -0.3 is 10.2 Å². The van der Waals surface area contributed by atoms with Crippen LogP contribution in [-0.2, 0) is 0 Å². The molecule has 1 aromatic carbocycles. The van der Waals surface area contributed by atoms with Gasteiger partial charge in [-0.15, -0.1) is 0 Å². The number of likely N-dealkylation sites (N-methyl/N-ethyl adjacent to an activating group) is 1. The highest BCUT2D eigenvalue weighted by Crippen LogP contribution is 2.12. The molecule has 0 saturated heterocycles. The lowest BCUT2D eigenvalue weighted by Crippen LogP contribution is -2.30. The number of hydrogen-bond acceptors (Lipinski definition) is 3. The molecule has 1 rings (SSSR count). The summed E-state index contributed by atoms with van der Waals surface area (Å²) < 4.78 is 0. The van der Waals surface area contributed by atoms with Crippen LogP contribution in [0.25, 0.3) is 0 Å². The van der Waals surface area contributed by atoms with Crippen molar-refractivity contribution in [3.8, 4) is 6.07 Å². The van der Waals surface area contributed by atoms with Crippen LogP contribution in [0.1, 0.15) is 31.0 Å². The van der Waals surface area contributed by atoms with Gasteiger partial charge in [-0.05, 0) is 38.2 Å². The van der Waals surface area contributed by atoms with Crippen LogP contribution in [0.3, 0.4) is 0 Å². The van der Waals surface area contributed by atoms with Gasteiger partial charge >= 0.3 is 0 Å². The van der Waals surface area contributed by atoms with Gasteiger partial charge in [-0.25, -0.2) is 0 Å². The molecular weight excluding hydrogens is 210 g/mol. The molecular formula is C14H21N3. The highest BCUT2D eigenvalue weighted by molar-refractivity contribution is 5.32. The van der Waals surface area contributed by atoms with Crippen molar-refractivity contribution < 1.29 is 0 Å². The van der Waals surface area contributed by atoms with E-state index in [0.29, 0.717) is 11.6 Å². The number of nitrogens with one attached hydrogen (secondary N) is 1. The van der Waals surface area contributed by atoms with Crippen LogP contribution in [-0.4, -0.2) is 31.6 Å². The van der Waals surface area contributed by atoms with Crippen molar-refractivity contribution in [3.05, 3.63) is 35.4 Å². The first-order chi connectivity index (χ1) is 8.17. The summed E-state index contributed by atoms with van der Waals surface area (Å²) in [4.78, 5) is 2.28. The van der Waals surface area contributed by atoms with Gasteiger partial charge in [-0.1, -0.05) is 19.1 Å². The molecule has 0 bridgehead atoms. The quantitative estimate of drug-likeness (QED) is 0.815. The molecule has 0 radical (unpaired) electrons. The first kappa shape index (κ1) is 13.7. The molecule has 17 heavy (non-hydrogen) atoms. The lowest BCUT2D eigenvalue weighted by atomic mass is 10.1. The van der Waals surface area contributed by atoms with Crippen LogP contribution < -0.4 is 5.32 Å². The standard InChI is InChI=1S/C14H21N3/c1-4-17(3)10-9-16-12(2)14-7-5-13(11-15)6-8-14/h5-8,12,16H,4,9-10H2,1-3H3. The van der Waals surface area contributed by atoms with Gasteiger partial charge in [0.25, 0.3) is 0 Å². The van der Waals surface area contributed by atoms with Crippen LogP contribution in [0.15, 0.2) is 24.3 Å². The minimum Gasteiger partial charge on any atom is -0.309 e. The Morgan fingerprint density at radius 1 is 1.35 bits per heavy atom. The molecule has 0 aliphatic carbocycles. The van der Waals surface area contributed by atoms with Gasteiger partial charge in [-0.3, -0.25) is 0 Å². The summed E-state index contributed by atoms with van der Waals surface area (Å²) in [6, 6.07) is 10.2. The van der Waals surface area contributed by atoms with E-state index in [1.165, 1.54) is 5.56 Å². The van der Waals surface area contributed by atoms with Crippen LogP contribution in [0.5, 0.6) is 0 Å². The van der Waals surface area contributed by atoms with Gasteiger partial charge in [0, 0.05) is 19.1 Å². The predicted molar refractivity (Wildman–Crippen MR) is 70.7 cm³/mol. The maximum atomic E-state index is 8.73. The van der Waals surface area contributed by atoms with Gasteiger partial charge in [0.05, 0.1) is 11.6 Å². The maximum absolute atomic E-state index is 8.73. The van der Waals surface area contributed by atoms with Crippen molar-refractivity contribution in [2.24, 2.45) is 0 Å². The zero-order valence-electron chi connectivity index (χ0n) is 10.9. The molecule has 0 fully saturated rings. The zero-order valence-corrected chi connectivity index (χ0v) is 10.9. The summed E-state index contributed by atoms with van der Waals surface area (Å²) in [5.74, 6) is 0. The topological polar surface area (TPSA) is 39.1 Å². The largest absolute Gasteiger partial charge is 0.309 e. The van der Waals surface area contributed by atoms with Crippen LogP contribution in [0.2, 0.25) is 0 Å². The van der Waals surface area contributed by atoms with E-state index in [4.69, 9.17) is 5.26 Å². The Bertz CT molecular complexity index is 364. The van der Waals surface area contributed by atoms with E-state index >= 15 is 0 Å². The SMILES string of the molecule is CCN(C)CCNC(C)c1ccc(C#N)cc1. The highest BCUT2D eigenvalue weighted by Gasteiger charge is 2.04. The smallest absolute Gasteiger partial charge is 0.0991 e. The fraction of sp³-hybridized carbons (Fsp3) is 0.500. The molecule has 1 aromatic rings. The van der Waals surface area contributed by atoms with E-state index in [1.54, 1.807) is 0 Å². The van der Waals surface area contributed by atoms with Crippen molar-refractivity contribution in [3.63, 3.8) is 0 Å². The molecule has 0 aromatic heterocycles. The van der Waals surface area contributed by atoms with E-state index in [-0.39, 0.29) is 0 Å². The third-order valence-electron chi connectivity index (χ3n) is 3.02. The summed E-state index contributed by atoms with van der Waals surface area (Å²) in [6.07, 6.45) is 0. The molecule has 0 amide bonds. The highest BCUT2D eigenvalue weighted by atomic mass is 15.1. The second-order valence-electron chi connectivity index (χ2n) is 4.31. The third-order valence-corrected chi connectivity index (χ3v) is 3.02. The third kappa shape index (κ3) is 4.56. The average Bonchev–Trinajstić information content (AvgIpc) is 2.38. The van der Waals surface area contributed by atoms with E-state index in [9.17, 15) is 0 Å². The number of rotatable bonds is 6. The zero-order chi connectivity index (χ0) is 12.7. The minimum atomic E-state index is 0.327. The molecule has 1 atom stereocenters. The van der Waals surface area contributed by atoms with E-state index < -0.39 is 0 Å². The molecule has 3 heteroatoms. The Hall–Kier alpha value is -1.37. The molecule has 0 heterocycles.